The number of quaternary nitrogens is 1. The molecule has 0 atom stereocenters. The topological polar surface area (TPSA) is 37.3 Å². The third-order valence-electron chi connectivity index (χ3n) is 7.86. The van der Waals surface area contributed by atoms with Crippen LogP contribution < -0.4 is 0 Å². The minimum atomic E-state index is -0.715. The van der Waals surface area contributed by atoms with Crippen LogP contribution in [0.25, 0.3) is 0 Å². The highest BCUT2D eigenvalue weighted by molar-refractivity contribution is 5.76. The normalized spacial score (nSPS) is 12.4. The van der Waals surface area contributed by atoms with Crippen LogP contribution in [0.4, 0.5) is 0 Å². The van der Waals surface area contributed by atoms with Crippen LogP contribution in [-0.4, -0.2) is 41.7 Å². The van der Waals surface area contributed by atoms with Gasteiger partial charge in [-0.15, -0.1) is 0 Å². The fourth-order valence-corrected chi connectivity index (χ4v) is 4.48. The number of carboxylic acids is 1. The molecule has 0 aromatic rings. The highest BCUT2D eigenvalue weighted by Crippen LogP contribution is 2.22. The van der Waals surface area contributed by atoms with Crippen LogP contribution in [0.1, 0.15) is 156 Å². The number of aliphatic carboxylic acids is 1. The lowest BCUT2D eigenvalue weighted by atomic mass is 9.99. The summed E-state index contributed by atoms with van der Waals surface area (Å²) in [5, 5.41) is 9.43. The molecule has 0 aliphatic carbocycles. The van der Waals surface area contributed by atoms with Gasteiger partial charge in [0.1, 0.15) is 0 Å². The Bertz CT molecular complexity index is 431. The first-order valence-corrected chi connectivity index (χ1v) is 14.3. The van der Waals surface area contributed by atoms with E-state index in [0.29, 0.717) is 4.48 Å². The highest BCUT2D eigenvalue weighted by atomic mass is 16.4. The first-order chi connectivity index (χ1) is 15.3. The third-order valence-corrected chi connectivity index (χ3v) is 7.86. The van der Waals surface area contributed by atoms with E-state index in [4.69, 9.17) is 0 Å². The minimum absolute atomic E-state index is 0.557. The van der Waals surface area contributed by atoms with Crippen LogP contribution in [-0.2, 0) is 4.79 Å². The van der Waals surface area contributed by atoms with Crippen molar-refractivity contribution in [3.05, 3.63) is 0 Å². The van der Waals surface area contributed by atoms with E-state index in [1.165, 1.54) is 128 Å². The van der Waals surface area contributed by atoms with Gasteiger partial charge in [0.2, 0.25) is 0 Å². The summed E-state index contributed by atoms with van der Waals surface area (Å²) in [5.74, 6) is -0.703. The predicted molar refractivity (Wildman–Crippen MR) is 141 cm³/mol. The number of likely N-dealkylation sites (N-methyl/N-ethyl adjacent to an activating group) is 1. The number of rotatable bonds is 24. The molecule has 0 radical (unpaired) electrons. The van der Waals surface area contributed by atoms with Crippen molar-refractivity contribution in [2.75, 3.05) is 20.6 Å². The molecule has 0 rings (SSSR count). The van der Waals surface area contributed by atoms with Crippen molar-refractivity contribution >= 4 is 5.97 Å². The van der Waals surface area contributed by atoms with E-state index >= 15 is 0 Å². The van der Waals surface area contributed by atoms with E-state index in [0.717, 1.165) is 13.0 Å². The molecular weight excluding hydrogens is 394 g/mol. The average Bonchev–Trinajstić information content (AvgIpc) is 2.74. The lowest BCUT2D eigenvalue weighted by molar-refractivity contribution is -0.928. The van der Waals surface area contributed by atoms with Crippen LogP contribution in [0.3, 0.4) is 0 Å². The summed E-state index contributed by atoms with van der Waals surface area (Å²) in [6.45, 7) is 6.91. The number of hydrogen-bond acceptors (Lipinski definition) is 1. The second-order valence-corrected chi connectivity index (χ2v) is 11.3. The number of unbranched alkanes of at least 4 members (excludes halogenated alkanes) is 20. The van der Waals surface area contributed by atoms with Gasteiger partial charge in [0, 0.05) is 13.8 Å². The molecule has 0 aromatic heterocycles. The first-order valence-electron chi connectivity index (χ1n) is 14.3. The highest BCUT2D eigenvalue weighted by Gasteiger charge is 2.43. The van der Waals surface area contributed by atoms with Crippen molar-refractivity contribution in [2.24, 2.45) is 0 Å². The fourth-order valence-electron chi connectivity index (χ4n) is 4.48. The minimum Gasteiger partial charge on any atom is -0.477 e. The maximum Gasteiger partial charge on any atom is 0.365 e. The summed E-state index contributed by atoms with van der Waals surface area (Å²) in [5.41, 5.74) is -0.715. The molecule has 0 saturated heterocycles. The number of carbonyl (C=O) groups is 1. The summed E-state index contributed by atoms with van der Waals surface area (Å²) in [6, 6.07) is 0. The van der Waals surface area contributed by atoms with E-state index in [1.54, 1.807) is 0 Å². The molecule has 0 aliphatic heterocycles. The predicted octanol–water partition coefficient (Wildman–Crippen LogP) is 9.14. The molecule has 3 heteroatoms. The van der Waals surface area contributed by atoms with Crippen molar-refractivity contribution in [2.45, 2.75) is 161 Å². The van der Waals surface area contributed by atoms with Crippen LogP contribution >= 0.6 is 0 Å². The fraction of sp³-hybridized carbons (Fsp3) is 0.966. The van der Waals surface area contributed by atoms with Crippen LogP contribution in [0.2, 0.25) is 0 Å². The molecule has 0 unspecified atom stereocenters. The molecule has 0 bridgehead atoms. The van der Waals surface area contributed by atoms with Gasteiger partial charge < -0.3 is 9.59 Å². The van der Waals surface area contributed by atoms with Crippen LogP contribution in [0, 0.1) is 0 Å². The standard InChI is InChI=1S/C29H59NO2/c1-6-7-8-9-10-11-12-13-14-15-16-17-18-19-20-21-22-23-24-25-26-27-30(4,5)29(2,3)28(31)32/h6-27H2,1-5H3/p+1. The molecule has 0 amide bonds. The molecule has 192 valence electrons. The van der Waals surface area contributed by atoms with Gasteiger partial charge in [-0.3, -0.25) is 0 Å². The zero-order valence-corrected chi connectivity index (χ0v) is 22.9. The van der Waals surface area contributed by atoms with Gasteiger partial charge in [0.15, 0.2) is 5.54 Å². The molecule has 0 aliphatic rings. The molecule has 0 heterocycles. The Kier molecular flexibility index (Phi) is 19.5. The van der Waals surface area contributed by atoms with Crippen molar-refractivity contribution < 1.29 is 14.4 Å². The van der Waals surface area contributed by atoms with Crippen molar-refractivity contribution in [1.29, 1.82) is 0 Å². The maximum atomic E-state index is 11.5. The Morgan fingerprint density at radius 3 is 1.06 bits per heavy atom. The summed E-state index contributed by atoms with van der Waals surface area (Å²) >= 11 is 0. The maximum absolute atomic E-state index is 11.5. The van der Waals surface area contributed by atoms with Crippen LogP contribution in [0.5, 0.6) is 0 Å². The lowest BCUT2D eigenvalue weighted by Crippen LogP contribution is -2.60. The Balaban J connectivity index is 3.30. The number of hydrogen-bond donors (Lipinski definition) is 1. The molecule has 0 aromatic carbocycles. The Morgan fingerprint density at radius 1 is 0.562 bits per heavy atom. The molecular formula is C29H60NO2+. The van der Waals surface area contributed by atoms with Gasteiger partial charge >= 0.3 is 5.97 Å². The zero-order valence-electron chi connectivity index (χ0n) is 22.9. The Morgan fingerprint density at radius 2 is 0.812 bits per heavy atom. The molecule has 1 N–H and O–H groups in total. The second-order valence-electron chi connectivity index (χ2n) is 11.3. The first kappa shape index (κ1) is 31.4. The van der Waals surface area contributed by atoms with Gasteiger partial charge in [-0.05, 0) is 12.8 Å². The SMILES string of the molecule is CCCCCCCCCCCCCCCCCCCCCCC[N+](C)(C)C(C)(C)C(=O)O. The Labute approximate surface area is 202 Å². The number of carboxylic acid groups (broad SMARTS) is 1. The zero-order chi connectivity index (χ0) is 24.1. The average molecular weight is 455 g/mol. The van der Waals surface area contributed by atoms with Gasteiger partial charge in [-0.25, -0.2) is 4.79 Å². The molecule has 0 fully saturated rings. The quantitative estimate of drug-likeness (QED) is 0.117. The summed E-state index contributed by atoms with van der Waals surface area (Å²) in [4.78, 5) is 11.5. The summed E-state index contributed by atoms with van der Waals surface area (Å²) < 4.78 is 0.557. The molecule has 0 spiro atoms. The summed E-state index contributed by atoms with van der Waals surface area (Å²) in [7, 11) is 4.09. The monoisotopic (exact) mass is 454 g/mol. The van der Waals surface area contributed by atoms with E-state index in [1.807, 2.05) is 27.9 Å². The van der Waals surface area contributed by atoms with E-state index in [2.05, 4.69) is 6.92 Å². The van der Waals surface area contributed by atoms with Gasteiger partial charge in [0.05, 0.1) is 20.6 Å². The van der Waals surface area contributed by atoms with Gasteiger partial charge in [-0.1, -0.05) is 129 Å². The third kappa shape index (κ3) is 16.1. The molecule has 3 nitrogen and oxygen atoms in total. The lowest BCUT2D eigenvalue weighted by Gasteiger charge is -2.41. The smallest absolute Gasteiger partial charge is 0.365 e. The second kappa shape index (κ2) is 19.9. The van der Waals surface area contributed by atoms with Crippen LogP contribution in [0.15, 0.2) is 0 Å². The van der Waals surface area contributed by atoms with Crippen molar-refractivity contribution in [3.63, 3.8) is 0 Å². The van der Waals surface area contributed by atoms with Gasteiger partial charge in [-0.2, -0.15) is 0 Å². The summed E-state index contributed by atoms with van der Waals surface area (Å²) in [6.07, 6.45) is 29.4. The van der Waals surface area contributed by atoms with E-state index < -0.39 is 11.5 Å². The molecule has 32 heavy (non-hydrogen) atoms. The molecule has 0 saturated carbocycles. The van der Waals surface area contributed by atoms with E-state index in [-0.39, 0.29) is 0 Å². The largest absolute Gasteiger partial charge is 0.477 e. The van der Waals surface area contributed by atoms with Crippen molar-refractivity contribution in [3.8, 4) is 0 Å². The van der Waals surface area contributed by atoms with Crippen molar-refractivity contribution in [1.82, 2.24) is 0 Å². The van der Waals surface area contributed by atoms with Gasteiger partial charge in [0.25, 0.3) is 0 Å². The number of nitrogens with zero attached hydrogens (tertiary/aromatic N) is 1. The Hall–Kier alpha value is -0.570. The van der Waals surface area contributed by atoms with E-state index in [9.17, 15) is 9.90 Å².